The maximum atomic E-state index is 11.8. The number of carbonyl (C=O) groups excluding carboxylic acids is 1. The Kier molecular flexibility index (Phi) is 3.53. The van der Waals surface area contributed by atoms with Crippen molar-refractivity contribution >= 4 is 45.4 Å². The van der Waals surface area contributed by atoms with E-state index in [1.807, 2.05) is 5.38 Å². The number of benzene rings is 1. The number of amidine groups is 1. The van der Waals surface area contributed by atoms with Gasteiger partial charge < -0.3 is 10.4 Å². The number of phenolic OH excluding ortho intramolecular Hbond substituents is 1. The summed E-state index contributed by atoms with van der Waals surface area (Å²) in [5.74, 6) is 0.0140. The van der Waals surface area contributed by atoms with Gasteiger partial charge in [0.15, 0.2) is 5.17 Å². The Balaban J connectivity index is 1.82. The van der Waals surface area contributed by atoms with Gasteiger partial charge in [-0.15, -0.1) is 11.3 Å². The first-order valence-electron chi connectivity index (χ1n) is 5.69. The molecule has 5 nitrogen and oxygen atoms in total. The number of hydrogen-bond donors (Lipinski definition) is 2. The van der Waals surface area contributed by atoms with E-state index in [-0.39, 0.29) is 11.7 Å². The number of nitrogens with one attached hydrogen (secondary N) is 1. The molecule has 2 aromatic rings. The topological polar surface area (TPSA) is 74.6 Å². The van der Waals surface area contributed by atoms with Crippen LogP contribution in [0.1, 0.15) is 5.56 Å². The molecule has 0 saturated carbocycles. The third-order valence-corrected chi connectivity index (χ3v) is 4.03. The largest absolute Gasteiger partial charge is 0.508 e. The van der Waals surface area contributed by atoms with Crippen LogP contribution in [-0.4, -0.2) is 21.2 Å². The van der Waals surface area contributed by atoms with Gasteiger partial charge in [0.25, 0.3) is 5.91 Å². The van der Waals surface area contributed by atoms with Gasteiger partial charge in [-0.3, -0.25) is 4.79 Å². The molecule has 0 spiro atoms. The van der Waals surface area contributed by atoms with Gasteiger partial charge in [-0.05, 0) is 35.5 Å². The second-order valence-electron chi connectivity index (χ2n) is 3.89. The third kappa shape index (κ3) is 2.89. The molecule has 0 bridgehead atoms. The van der Waals surface area contributed by atoms with E-state index in [1.165, 1.54) is 23.1 Å². The van der Waals surface area contributed by atoms with Crippen LogP contribution in [0.25, 0.3) is 6.08 Å². The predicted molar refractivity (Wildman–Crippen MR) is 81.0 cm³/mol. The molecule has 2 heterocycles. The van der Waals surface area contributed by atoms with Gasteiger partial charge in [-0.1, -0.05) is 12.1 Å². The van der Waals surface area contributed by atoms with Crippen LogP contribution in [0.15, 0.2) is 45.7 Å². The molecule has 0 atom stereocenters. The number of thiazole rings is 1. The zero-order valence-corrected chi connectivity index (χ0v) is 11.7. The molecule has 1 aromatic heterocycles. The van der Waals surface area contributed by atoms with Crippen LogP contribution < -0.4 is 5.32 Å². The molecule has 100 valence electrons. The minimum absolute atomic E-state index is 0.182. The van der Waals surface area contributed by atoms with Crippen molar-refractivity contribution in [3.05, 3.63) is 46.3 Å². The van der Waals surface area contributed by atoms with E-state index in [2.05, 4.69) is 15.3 Å². The van der Waals surface area contributed by atoms with Crippen LogP contribution in [0, 0.1) is 0 Å². The van der Waals surface area contributed by atoms with Crippen molar-refractivity contribution in [2.45, 2.75) is 0 Å². The maximum absolute atomic E-state index is 11.8. The predicted octanol–water partition coefficient (Wildman–Crippen LogP) is 2.74. The number of amides is 1. The molecule has 1 saturated heterocycles. The van der Waals surface area contributed by atoms with Crippen molar-refractivity contribution in [2.75, 3.05) is 0 Å². The number of carbonyl (C=O) groups is 1. The molecule has 20 heavy (non-hydrogen) atoms. The van der Waals surface area contributed by atoms with E-state index in [0.717, 1.165) is 5.56 Å². The summed E-state index contributed by atoms with van der Waals surface area (Å²) in [6.45, 7) is 0. The van der Waals surface area contributed by atoms with E-state index in [4.69, 9.17) is 0 Å². The third-order valence-electron chi connectivity index (χ3n) is 2.46. The SMILES string of the molecule is O=C1NC(=Nc2nccs2)S/C1=C\c1ccc(O)cc1. The normalized spacial score (nSPS) is 18.7. The minimum atomic E-state index is -0.182. The monoisotopic (exact) mass is 303 g/mol. The fraction of sp³-hybridized carbons (Fsp3) is 0. The summed E-state index contributed by atoms with van der Waals surface area (Å²) in [6, 6.07) is 6.64. The summed E-state index contributed by atoms with van der Waals surface area (Å²) in [7, 11) is 0. The van der Waals surface area contributed by atoms with Crippen LogP contribution >= 0.6 is 23.1 Å². The highest BCUT2D eigenvalue weighted by molar-refractivity contribution is 8.18. The Morgan fingerprint density at radius 3 is 2.80 bits per heavy atom. The molecule has 7 heteroatoms. The second-order valence-corrected chi connectivity index (χ2v) is 5.79. The Bertz CT molecular complexity index is 691. The van der Waals surface area contributed by atoms with Crippen molar-refractivity contribution < 1.29 is 9.90 Å². The summed E-state index contributed by atoms with van der Waals surface area (Å²) in [4.78, 5) is 20.7. The van der Waals surface area contributed by atoms with Crippen LogP contribution in [0.4, 0.5) is 5.13 Å². The smallest absolute Gasteiger partial charge is 0.264 e. The van der Waals surface area contributed by atoms with Crippen LogP contribution in [-0.2, 0) is 4.79 Å². The van der Waals surface area contributed by atoms with E-state index in [9.17, 15) is 9.90 Å². The molecule has 1 aliphatic rings. The average Bonchev–Trinajstić information content (AvgIpc) is 3.04. The Morgan fingerprint density at radius 1 is 1.30 bits per heavy atom. The molecule has 2 N–H and O–H groups in total. The van der Waals surface area contributed by atoms with Gasteiger partial charge in [0.1, 0.15) is 5.75 Å². The molecule has 1 fully saturated rings. The first-order chi connectivity index (χ1) is 9.70. The van der Waals surface area contributed by atoms with E-state index in [0.29, 0.717) is 15.2 Å². The molecule has 0 radical (unpaired) electrons. The van der Waals surface area contributed by atoms with Gasteiger partial charge in [0, 0.05) is 11.6 Å². The van der Waals surface area contributed by atoms with Crippen LogP contribution in [0.2, 0.25) is 0 Å². The van der Waals surface area contributed by atoms with E-state index >= 15 is 0 Å². The number of thioether (sulfide) groups is 1. The quantitative estimate of drug-likeness (QED) is 0.837. The summed E-state index contributed by atoms with van der Waals surface area (Å²) < 4.78 is 0. The molecule has 3 rings (SSSR count). The second kappa shape index (κ2) is 5.48. The zero-order valence-electron chi connectivity index (χ0n) is 10.1. The molecule has 0 unspecified atom stereocenters. The Hall–Kier alpha value is -2.12. The molecule has 0 aliphatic carbocycles. The lowest BCUT2D eigenvalue weighted by Gasteiger charge is -1.95. The zero-order chi connectivity index (χ0) is 13.9. The highest BCUT2D eigenvalue weighted by Gasteiger charge is 2.23. The van der Waals surface area contributed by atoms with Crippen molar-refractivity contribution in [1.29, 1.82) is 0 Å². The number of hydrogen-bond acceptors (Lipinski definition) is 6. The average molecular weight is 303 g/mol. The van der Waals surface area contributed by atoms with Crippen molar-refractivity contribution in [2.24, 2.45) is 4.99 Å². The fourth-order valence-corrected chi connectivity index (χ4v) is 2.95. The van der Waals surface area contributed by atoms with Gasteiger partial charge in [-0.2, -0.15) is 4.99 Å². The maximum Gasteiger partial charge on any atom is 0.264 e. The van der Waals surface area contributed by atoms with Crippen LogP contribution in [0.3, 0.4) is 0 Å². The van der Waals surface area contributed by atoms with Crippen molar-refractivity contribution in [3.63, 3.8) is 0 Å². The first-order valence-corrected chi connectivity index (χ1v) is 7.38. The number of aromatic hydroxyl groups is 1. The van der Waals surface area contributed by atoms with Gasteiger partial charge in [0.2, 0.25) is 5.13 Å². The van der Waals surface area contributed by atoms with Crippen molar-refractivity contribution in [1.82, 2.24) is 10.3 Å². The molecule has 1 amide bonds. The summed E-state index contributed by atoms with van der Waals surface area (Å²) in [6.07, 6.45) is 3.42. The molecule has 1 aromatic carbocycles. The molecule has 1 aliphatic heterocycles. The summed E-state index contributed by atoms with van der Waals surface area (Å²) >= 11 is 2.68. The Morgan fingerprint density at radius 2 is 2.10 bits per heavy atom. The standard InChI is InChI=1S/C13H9N3O2S2/c17-9-3-1-8(2-4-9)7-10-11(18)15-13(20-10)16-12-14-5-6-19-12/h1-7,17H,(H,14,15,16,18)/b10-7-. The Labute approximate surface area is 123 Å². The highest BCUT2D eigenvalue weighted by atomic mass is 32.2. The molecular formula is C13H9N3O2S2. The van der Waals surface area contributed by atoms with Gasteiger partial charge in [0.05, 0.1) is 4.91 Å². The van der Waals surface area contributed by atoms with Crippen LogP contribution in [0.5, 0.6) is 5.75 Å². The number of phenols is 1. The minimum Gasteiger partial charge on any atom is -0.508 e. The highest BCUT2D eigenvalue weighted by Crippen LogP contribution is 2.28. The van der Waals surface area contributed by atoms with Gasteiger partial charge in [-0.25, -0.2) is 4.98 Å². The van der Waals surface area contributed by atoms with Gasteiger partial charge >= 0.3 is 0 Å². The fourth-order valence-electron chi connectivity index (χ4n) is 1.56. The lowest BCUT2D eigenvalue weighted by atomic mass is 10.2. The molecular weight excluding hydrogens is 294 g/mol. The summed E-state index contributed by atoms with van der Waals surface area (Å²) in [5.41, 5.74) is 0.843. The number of aliphatic imine (C=N–C) groups is 1. The summed E-state index contributed by atoms with van der Waals surface area (Å²) in [5, 5.41) is 14.9. The number of aromatic nitrogens is 1. The van der Waals surface area contributed by atoms with E-state index in [1.54, 1.807) is 36.5 Å². The van der Waals surface area contributed by atoms with Crippen molar-refractivity contribution in [3.8, 4) is 5.75 Å². The lowest BCUT2D eigenvalue weighted by Crippen LogP contribution is -2.19. The first kappa shape index (κ1) is 12.9. The lowest BCUT2D eigenvalue weighted by molar-refractivity contribution is -0.115. The number of rotatable bonds is 2. The van der Waals surface area contributed by atoms with E-state index < -0.39 is 0 Å². The number of nitrogens with zero attached hydrogens (tertiary/aromatic N) is 2.